The molecule has 16 heavy (non-hydrogen) atoms. The van der Waals surface area contributed by atoms with Gasteiger partial charge >= 0.3 is 5.97 Å². The number of carbonyl (C=O) groups is 1. The van der Waals surface area contributed by atoms with Crippen LogP contribution >= 0.6 is 0 Å². The van der Waals surface area contributed by atoms with Gasteiger partial charge in [-0.05, 0) is 26.7 Å². The fourth-order valence-electron chi connectivity index (χ4n) is 1.69. The average Bonchev–Trinajstić information content (AvgIpc) is 2.14. The van der Waals surface area contributed by atoms with Crippen LogP contribution in [0.25, 0.3) is 0 Å². The Balaban J connectivity index is 3.52. The zero-order valence-electron chi connectivity index (χ0n) is 10.1. The molecule has 0 aromatic carbocycles. The van der Waals surface area contributed by atoms with E-state index in [4.69, 9.17) is 5.11 Å². The van der Waals surface area contributed by atoms with E-state index in [-0.39, 0.29) is 0 Å². The zero-order chi connectivity index (χ0) is 12.6. The molecule has 1 N–H and O–H groups in total. The van der Waals surface area contributed by atoms with Crippen LogP contribution in [0.1, 0.15) is 52.4 Å². The topological polar surface area (TPSA) is 37.3 Å². The van der Waals surface area contributed by atoms with Crippen LogP contribution in [0.15, 0.2) is 0 Å². The molecule has 0 amide bonds. The molecule has 3 atom stereocenters. The second-order valence-electron chi connectivity index (χ2n) is 4.39. The number of alkyl halides is 2. The maximum atomic E-state index is 12.9. The molecule has 0 aliphatic carbocycles. The number of hydrogen-bond donors (Lipinski definition) is 1. The Hall–Kier alpha value is -0.670. The van der Waals surface area contributed by atoms with Crippen molar-refractivity contribution in [1.82, 2.24) is 0 Å². The first-order chi connectivity index (χ1) is 7.45. The molecule has 4 heteroatoms. The van der Waals surface area contributed by atoms with Crippen LogP contribution < -0.4 is 0 Å². The van der Waals surface area contributed by atoms with Crippen LogP contribution in [0.3, 0.4) is 0 Å². The van der Waals surface area contributed by atoms with E-state index in [0.29, 0.717) is 19.3 Å². The summed E-state index contributed by atoms with van der Waals surface area (Å²) in [6, 6.07) is 0. The first kappa shape index (κ1) is 15.3. The first-order valence-electron chi connectivity index (χ1n) is 5.96. The van der Waals surface area contributed by atoms with Gasteiger partial charge in [0.1, 0.15) is 6.17 Å². The molecule has 0 radical (unpaired) electrons. The lowest BCUT2D eigenvalue weighted by Crippen LogP contribution is -2.22. The third kappa shape index (κ3) is 7.60. The average molecular weight is 236 g/mol. The smallest absolute Gasteiger partial charge is 0.309 e. The lowest BCUT2D eigenvalue weighted by atomic mass is 9.97. The molecule has 0 saturated heterocycles. The third-order valence-corrected chi connectivity index (χ3v) is 2.74. The van der Waals surface area contributed by atoms with Gasteiger partial charge in [0.2, 0.25) is 0 Å². The van der Waals surface area contributed by atoms with Gasteiger partial charge in [0.25, 0.3) is 0 Å². The lowest BCUT2D eigenvalue weighted by Gasteiger charge is -2.12. The minimum absolute atomic E-state index is 0.373. The Morgan fingerprint density at radius 1 is 1.06 bits per heavy atom. The molecule has 3 unspecified atom stereocenters. The van der Waals surface area contributed by atoms with Crippen molar-refractivity contribution >= 4 is 5.97 Å². The highest BCUT2D eigenvalue weighted by atomic mass is 19.1. The highest BCUT2D eigenvalue weighted by Gasteiger charge is 2.23. The Bertz CT molecular complexity index is 193. The summed E-state index contributed by atoms with van der Waals surface area (Å²) in [6.45, 7) is 2.81. The van der Waals surface area contributed by atoms with Gasteiger partial charge in [-0.25, -0.2) is 8.78 Å². The predicted molar refractivity (Wildman–Crippen MR) is 60.0 cm³/mol. The quantitative estimate of drug-likeness (QED) is 0.619. The van der Waals surface area contributed by atoms with Gasteiger partial charge in [-0.1, -0.05) is 25.7 Å². The number of aliphatic carboxylic acids is 1. The van der Waals surface area contributed by atoms with Crippen LogP contribution in [-0.2, 0) is 4.79 Å². The minimum atomic E-state index is -1.30. The molecule has 0 aliphatic rings. The Kier molecular flexibility index (Phi) is 8.12. The van der Waals surface area contributed by atoms with E-state index in [9.17, 15) is 13.6 Å². The van der Waals surface area contributed by atoms with Gasteiger partial charge in [0.15, 0.2) is 0 Å². The maximum Gasteiger partial charge on any atom is 0.309 e. The molecule has 0 bridgehead atoms. The number of halogens is 2. The molecule has 0 aliphatic heterocycles. The normalized spacial score (nSPS) is 16.8. The van der Waals surface area contributed by atoms with Crippen LogP contribution in [0.4, 0.5) is 8.78 Å². The largest absolute Gasteiger partial charge is 0.481 e. The molecule has 2 nitrogen and oxygen atoms in total. The van der Waals surface area contributed by atoms with Crippen molar-refractivity contribution in [2.75, 3.05) is 0 Å². The van der Waals surface area contributed by atoms with E-state index in [1.807, 2.05) is 0 Å². The number of rotatable bonds is 9. The van der Waals surface area contributed by atoms with E-state index < -0.39 is 24.2 Å². The summed E-state index contributed by atoms with van der Waals surface area (Å²) in [7, 11) is 0. The van der Waals surface area contributed by atoms with Gasteiger partial charge in [0.05, 0.1) is 12.1 Å². The number of unbranched alkanes of at least 4 members (excludes halogenated alkanes) is 3. The summed E-state index contributed by atoms with van der Waals surface area (Å²) in [6.07, 6.45) is 2.12. The van der Waals surface area contributed by atoms with E-state index >= 15 is 0 Å². The van der Waals surface area contributed by atoms with Crippen LogP contribution in [0, 0.1) is 5.92 Å². The third-order valence-electron chi connectivity index (χ3n) is 2.74. The van der Waals surface area contributed by atoms with Crippen molar-refractivity contribution in [1.29, 1.82) is 0 Å². The van der Waals surface area contributed by atoms with Gasteiger partial charge in [0, 0.05) is 0 Å². The Morgan fingerprint density at radius 2 is 1.56 bits per heavy atom. The van der Waals surface area contributed by atoms with Gasteiger partial charge in [-0.3, -0.25) is 4.79 Å². The number of hydrogen-bond acceptors (Lipinski definition) is 1. The van der Waals surface area contributed by atoms with E-state index in [0.717, 1.165) is 19.3 Å². The van der Waals surface area contributed by atoms with Crippen molar-refractivity contribution in [2.24, 2.45) is 5.92 Å². The van der Waals surface area contributed by atoms with Crippen molar-refractivity contribution in [3.63, 3.8) is 0 Å². The van der Waals surface area contributed by atoms with Gasteiger partial charge in [-0.2, -0.15) is 0 Å². The van der Waals surface area contributed by atoms with Crippen LogP contribution in [0.5, 0.6) is 0 Å². The Labute approximate surface area is 96.0 Å². The van der Waals surface area contributed by atoms with E-state index in [1.54, 1.807) is 0 Å². The number of carboxylic acid groups (broad SMARTS) is 1. The maximum absolute atomic E-state index is 12.9. The fraction of sp³-hybridized carbons (Fsp3) is 0.917. The second-order valence-corrected chi connectivity index (χ2v) is 4.39. The van der Waals surface area contributed by atoms with Crippen molar-refractivity contribution in [3.8, 4) is 0 Å². The molecular weight excluding hydrogens is 214 g/mol. The molecule has 0 fully saturated rings. The lowest BCUT2D eigenvalue weighted by molar-refractivity contribution is -0.144. The SMILES string of the molecule is CC(F)CCCCCCC(C(=O)O)C(C)F. The summed E-state index contributed by atoms with van der Waals surface area (Å²) >= 11 is 0. The van der Waals surface area contributed by atoms with Gasteiger partial charge in [-0.15, -0.1) is 0 Å². The van der Waals surface area contributed by atoms with Gasteiger partial charge < -0.3 is 5.11 Å². The first-order valence-corrected chi connectivity index (χ1v) is 5.96. The second kappa shape index (κ2) is 8.48. The molecule has 0 aromatic rings. The summed E-state index contributed by atoms with van der Waals surface area (Å²) in [5, 5.41) is 8.73. The predicted octanol–water partition coefficient (Wildman–Crippen LogP) is 3.74. The van der Waals surface area contributed by atoms with Crippen molar-refractivity contribution < 1.29 is 18.7 Å². The van der Waals surface area contributed by atoms with Crippen molar-refractivity contribution in [3.05, 3.63) is 0 Å². The van der Waals surface area contributed by atoms with E-state index in [1.165, 1.54) is 13.8 Å². The fourth-order valence-corrected chi connectivity index (χ4v) is 1.69. The molecule has 0 spiro atoms. The van der Waals surface area contributed by atoms with E-state index in [2.05, 4.69) is 0 Å². The Morgan fingerprint density at radius 3 is 1.94 bits per heavy atom. The molecular formula is C12H22F2O2. The molecule has 96 valence electrons. The molecule has 0 saturated carbocycles. The highest BCUT2D eigenvalue weighted by Crippen LogP contribution is 2.18. The standard InChI is InChI=1S/C12H22F2O2/c1-9(13)7-5-3-4-6-8-11(10(2)14)12(15)16/h9-11H,3-8H2,1-2H3,(H,15,16). The summed E-state index contributed by atoms with van der Waals surface area (Å²) in [5.41, 5.74) is 0. The van der Waals surface area contributed by atoms with Crippen LogP contribution in [-0.4, -0.2) is 23.4 Å². The zero-order valence-corrected chi connectivity index (χ0v) is 10.1. The summed E-state index contributed by atoms with van der Waals surface area (Å²) < 4.78 is 25.3. The van der Waals surface area contributed by atoms with Crippen LogP contribution in [0.2, 0.25) is 0 Å². The monoisotopic (exact) mass is 236 g/mol. The minimum Gasteiger partial charge on any atom is -0.481 e. The summed E-state index contributed by atoms with van der Waals surface area (Å²) in [5.74, 6) is -1.95. The molecule has 0 aromatic heterocycles. The van der Waals surface area contributed by atoms with Crippen molar-refractivity contribution in [2.45, 2.75) is 64.7 Å². The molecule has 0 rings (SSSR count). The highest BCUT2D eigenvalue weighted by molar-refractivity contribution is 5.70. The number of carboxylic acids is 1. The summed E-state index contributed by atoms with van der Waals surface area (Å²) in [4.78, 5) is 10.7. The molecule has 0 heterocycles.